The van der Waals surface area contributed by atoms with Crippen LogP contribution in [0.15, 0.2) is 70.4 Å². The molecule has 7 nitrogen and oxygen atoms in total. The Morgan fingerprint density at radius 2 is 1.74 bits per heavy atom. The molecule has 0 bridgehead atoms. The topological polar surface area (TPSA) is 69.2 Å². The van der Waals surface area contributed by atoms with Crippen LogP contribution in [0, 0.1) is 6.92 Å². The summed E-state index contributed by atoms with van der Waals surface area (Å²) in [7, 11) is 0. The molecule has 1 fully saturated rings. The zero-order valence-electron chi connectivity index (χ0n) is 17.3. The van der Waals surface area contributed by atoms with Crippen molar-refractivity contribution in [3.05, 3.63) is 72.2 Å². The molecule has 3 heterocycles. The molecule has 0 atom stereocenters. The maximum atomic E-state index is 5.97. The molecule has 0 unspecified atom stereocenters. The van der Waals surface area contributed by atoms with E-state index in [1.807, 2.05) is 42.5 Å². The van der Waals surface area contributed by atoms with Crippen molar-refractivity contribution in [2.24, 2.45) is 0 Å². The number of aryl methyl sites for hydroxylation is 1. The Balaban J connectivity index is 1.42. The number of para-hydroxylation sites is 1. The number of hydrogen-bond acceptors (Lipinski definition) is 7. The quantitative estimate of drug-likeness (QED) is 0.419. The maximum Gasteiger partial charge on any atom is 0.232 e. The molecule has 2 aromatic carbocycles. The van der Waals surface area contributed by atoms with Gasteiger partial charge in [-0.2, -0.15) is 0 Å². The van der Waals surface area contributed by atoms with E-state index in [2.05, 4.69) is 43.7 Å². The molecule has 4 aromatic rings. The lowest BCUT2D eigenvalue weighted by atomic mass is 10.2. The fourth-order valence-corrected chi connectivity index (χ4v) is 4.38. The molecule has 2 aromatic heterocycles. The van der Waals surface area contributed by atoms with Gasteiger partial charge in [0.25, 0.3) is 0 Å². The Kier molecular flexibility index (Phi) is 5.73. The fourth-order valence-electron chi connectivity index (χ4n) is 3.59. The zero-order valence-corrected chi connectivity index (χ0v) is 18.1. The first-order valence-corrected chi connectivity index (χ1v) is 11.3. The van der Waals surface area contributed by atoms with Crippen molar-refractivity contribution in [3.63, 3.8) is 0 Å². The second kappa shape index (κ2) is 8.95. The normalized spacial score (nSPS) is 14.2. The van der Waals surface area contributed by atoms with Crippen molar-refractivity contribution in [1.29, 1.82) is 0 Å². The minimum atomic E-state index is 0.569. The van der Waals surface area contributed by atoms with Crippen LogP contribution in [0.5, 0.6) is 0 Å². The van der Waals surface area contributed by atoms with Crippen molar-refractivity contribution in [2.45, 2.75) is 17.8 Å². The highest BCUT2D eigenvalue weighted by molar-refractivity contribution is 7.98. The van der Waals surface area contributed by atoms with Crippen LogP contribution in [0.4, 0.5) is 5.95 Å². The molecular formula is C23H23N5O2S. The van der Waals surface area contributed by atoms with E-state index in [1.165, 1.54) is 5.56 Å². The molecule has 0 spiro atoms. The number of ether oxygens (including phenoxy) is 1. The predicted octanol–water partition coefficient (Wildman–Crippen LogP) is 4.36. The molecule has 1 saturated heterocycles. The van der Waals surface area contributed by atoms with Gasteiger partial charge < -0.3 is 14.1 Å². The summed E-state index contributed by atoms with van der Waals surface area (Å²) in [6.07, 6.45) is 1.77. The minimum Gasteiger partial charge on any atom is -0.440 e. The molecule has 0 amide bonds. The van der Waals surface area contributed by atoms with E-state index in [4.69, 9.17) is 9.15 Å². The average molecular weight is 434 g/mol. The molecular weight excluding hydrogens is 410 g/mol. The number of morpholine rings is 1. The van der Waals surface area contributed by atoms with Crippen molar-refractivity contribution in [3.8, 4) is 17.0 Å². The standard InChI is InChI=1S/C23H23N5O2S/c1-17-7-5-6-10-19(17)28-22(27-11-13-29-14-12-27)25-26-23(28)31-16-21-24-15-20(30-21)18-8-3-2-4-9-18/h2-10,15H,11-14,16H2,1H3. The van der Waals surface area contributed by atoms with Crippen molar-refractivity contribution in [1.82, 2.24) is 19.7 Å². The summed E-state index contributed by atoms with van der Waals surface area (Å²) in [6.45, 7) is 5.10. The zero-order chi connectivity index (χ0) is 21.0. The van der Waals surface area contributed by atoms with E-state index in [-0.39, 0.29) is 0 Å². The van der Waals surface area contributed by atoms with Gasteiger partial charge in [-0.3, -0.25) is 4.57 Å². The number of thioether (sulfide) groups is 1. The van der Waals surface area contributed by atoms with Gasteiger partial charge in [-0.05, 0) is 18.6 Å². The number of benzene rings is 2. The molecule has 158 valence electrons. The molecule has 0 aliphatic carbocycles. The molecule has 8 heteroatoms. The third kappa shape index (κ3) is 4.22. The summed E-state index contributed by atoms with van der Waals surface area (Å²) >= 11 is 1.57. The van der Waals surface area contributed by atoms with Crippen molar-refractivity contribution in [2.75, 3.05) is 31.2 Å². The van der Waals surface area contributed by atoms with Crippen LogP contribution in [-0.2, 0) is 10.5 Å². The lowest BCUT2D eigenvalue weighted by Crippen LogP contribution is -2.38. The van der Waals surface area contributed by atoms with Crippen LogP contribution >= 0.6 is 11.8 Å². The van der Waals surface area contributed by atoms with Gasteiger partial charge in [-0.25, -0.2) is 4.98 Å². The maximum absolute atomic E-state index is 5.97. The molecule has 31 heavy (non-hydrogen) atoms. The second-order valence-electron chi connectivity index (χ2n) is 7.28. The van der Waals surface area contributed by atoms with Crippen molar-refractivity contribution >= 4 is 17.7 Å². The fraction of sp³-hybridized carbons (Fsp3) is 0.261. The number of aromatic nitrogens is 4. The Hall–Kier alpha value is -3.10. The van der Waals surface area contributed by atoms with Gasteiger partial charge >= 0.3 is 0 Å². The van der Waals surface area contributed by atoms with E-state index >= 15 is 0 Å². The number of oxazole rings is 1. The third-order valence-corrected chi connectivity index (χ3v) is 6.12. The van der Waals surface area contributed by atoms with E-state index in [9.17, 15) is 0 Å². The molecule has 0 radical (unpaired) electrons. The van der Waals surface area contributed by atoms with Crippen LogP contribution in [-0.4, -0.2) is 46.1 Å². The smallest absolute Gasteiger partial charge is 0.232 e. The number of anilines is 1. The van der Waals surface area contributed by atoms with Crippen LogP contribution in [0.2, 0.25) is 0 Å². The molecule has 1 aliphatic rings. The van der Waals surface area contributed by atoms with E-state index in [0.29, 0.717) is 24.9 Å². The van der Waals surface area contributed by atoms with Gasteiger partial charge in [0.1, 0.15) is 0 Å². The van der Waals surface area contributed by atoms with E-state index in [0.717, 1.165) is 41.2 Å². The van der Waals surface area contributed by atoms with Gasteiger partial charge in [0.05, 0.1) is 30.9 Å². The van der Waals surface area contributed by atoms with Crippen LogP contribution in [0.1, 0.15) is 11.5 Å². The summed E-state index contributed by atoms with van der Waals surface area (Å²) < 4.78 is 13.6. The summed E-state index contributed by atoms with van der Waals surface area (Å²) in [5.74, 6) is 2.85. The summed E-state index contributed by atoms with van der Waals surface area (Å²) in [4.78, 5) is 6.68. The van der Waals surface area contributed by atoms with Gasteiger partial charge in [-0.1, -0.05) is 60.3 Å². The number of hydrogen-bond donors (Lipinski definition) is 0. The Morgan fingerprint density at radius 1 is 0.968 bits per heavy atom. The highest BCUT2D eigenvalue weighted by atomic mass is 32.2. The van der Waals surface area contributed by atoms with Crippen molar-refractivity contribution < 1.29 is 9.15 Å². The first-order valence-electron chi connectivity index (χ1n) is 10.3. The average Bonchev–Trinajstić information content (AvgIpc) is 3.46. The highest BCUT2D eigenvalue weighted by Crippen LogP contribution is 2.31. The SMILES string of the molecule is Cc1ccccc1-n1c(SCc2ncc(-c3ccccc3)o2)nnc1N1CCOCC1. The first-order chi connectivity index (χ1) is 15.3. The highest BCUT2D eigenvalue weighted by Gasteiger charge is 2.23. The monoisotopic (exact) mass is 433 g/mol. The van der Waals surface area contributed by atoms with Gasteiger partial charge in [0.15, 0.2) is 10.9 Å². The van der Waals surface area contributed by atoms with E-state index < -0.39 is 0 Å². The number of rotatable bonds is 6. The summed E-state index contributed by atoms with van der Waals surface area (Å²) in [5.41, 5.74) is 3.26. The van der Waals surface area contributed by atoms with Gasteiger partial charge in [-0.15, -0.1) is 10.2 Å². The Bertz CT molecular complexity index is 1150. The van der Waals surface area contributed by atoms with Crippen LogP contribution in [0.3, 0.4) is 0 Å². The third-order valence-electron chi connectivity index (χ3n) is 5.20. The van der Waals surface area contributed by atoms with E-state index in [1.54, 1.807) is 18.0 Å². The lowest BCUT2D eigenvalue weighted by Gasteiger charge is -2.28. The largest absolute Gasteiger partial charge is 0.440 e. The number of nitrogens with zero attached hydrogens (tertiary/aromatic N) is 5. The second-order valence-corrected chi connectivity index (χ2v) is 8.22. The lowest BCUT2D eigenvalue weighted by molar-refractivity contribution is 0.122. The predicted molar refractivity (Wildman–Crippen MR) is 121 cm³/mol. The summed E-state index contributed by atoms with van der Waals surface area (Å²) in [6, 6.07) is 18.3. The minimum absolute atomic E-state index is 0.569. The first kappa shape index (κ1) is 19.8. The molecule has 0 N–H and O–H groups in total. The Morgan fingerprint density at radius 3 is 2.55 bits per heavy atom. The molecule has 0 saturated carbocycles. The molecule has 5 rings (SSSR count). The summed E-state index contributed by atoms with van der Waals surface area (Å²) in [5, 5.41) is 9.86. The van der Waals surface area contributed by atoms with Gasteiger partial charge in [0.2, 0.25) is 11.8 Å². The van der Waals surface area contributed by atoms with Gasteiger partial charge in [0, 0.05) is 18.7 Å². The van der Waals surface area contributed by atoms with Crippen LogP contribution < -0.4 is 4.90 Å². The Labute approximate surface area is 185 Å². The van der Waals surface area contributed by atoms with Crippen LogP contribution in [0.25, 0.3) is 17.0 Å². The molecule has 1 aliphatic heterocycles.